The van der Waals surface area contributed by atoms with Gasteiger partial charge < -0.3 is 10.8 Å². The molecule has 1 aromatic rings. The smallest absolute Gasteiger partial charge is 0.194 e. The van der Waals surface area contributed by atoms with Crippen LogP contribution >= 0.6 is 12.4 Å². The maximum Gasteiger partial charge on any atom is 0.194 e. The summed E-state index contributed by atoms with van der Waals surface area (Å²) in [7, 11) is 0. The van der Waals surface area contributed by atoms with Crippen LogP contribution in [0.15, 0.2) is 12.1 Å². The van der Waals surface area contributed by atoms with Gasteiger partial charge in [-0.05, 0) is 30.5 Å². The Hall–Kier alpha value is -0.780. The zero-order valence-electron chi connectivity index (χ0n) is 8.42. The molecule has 0 aliphatic rings. The quantitative estimate of drug-likeness (QED) is 0.811. The largest absolute Gasteiger partial charge is 0.396 e. The maximum absolute atomic E-state index is 12.8. The second-order valence-corrected chi connectivity index (χ2v) is 3.27. The van der Waals surface area contributed by atoms with Gasteiger partial charge in [0.1, 0.15) is 0 Å². The number of hydrogen-bond acceptors (Lipinski definition) is 2. The van der Waals surface area contributed by atoms with Crippen molar-refractivity contribution in [3.05, 3.63) is 35.1 Å². The molecule has 0 aliphatic heterocycles. The first kappa shape index (κ1) is 15.2. The molecule has 0 fully saturated rings. The second kappa shape index (κ2) is 6.73. The molecule has 6 heteroatoms. The molecule has 0 radical (unpaired) electrons. The maximum atomic E-state index is 12.8. The van der Waals surface area contributed by atoms with Gasteiger partial charge >= 0.3 is 0 Å². The molecule has 2 nitrogen and oxygen atoms in total. The number of halogens is 4. The van der Waals surface area contributed by atoms with Crippen molar-refractivity contribution in [3.63, 3.8) is 0 Å². The molecule has 1 aromatic carbocycles. The normalized spacial score (nSPS) is 12.1. The van der Waals surface area contributed by atoms with Gasteiger partial charge in [0.2, 0.25) is 0 Å². The first-order valence-electron chi connectivity index (χ1n) is 4.57. The van der Waals surface area contributed by atoms with Gasteiger partial charge in [-0.3, -0.25) is 0 Å². The molecule has 92 valence electrons. The van der Waals surface area contributed by atoms with Crippen molar-refractivity contribution in [2.75, 3.05) is 6.61 Å². The van der Waals surface area contributed by atoms with E-state index >= 15 is 0 Å². The van der Waals surface area contributed by atoms with Gasteiger partial charge in [-0.15, -0.1) is 12.4 Å². The molecular formula is C10H13ClF3NO. The Morgan fingerprint density at radius 3 is 2.12 bits per heavy atom. The summed E-state index contributed by atoms with van der Waals surface area (Å²) in [6, 6.07) is 1.16. The summed E-state index contributed by atoms with van der Waals surface area (Å²) < 4.78 is 38.2. The number of rotatable bonds is 4. The summed E-state index contributed by atoms with van der Waals surface area (Å²) in [5.41, 5.74) is 5.80. The number of benzene rings is 1. The highest BCUT2D eigenvalue weighted by Gasteiger charge is 2.14. The zero-order chi connectivity index (χ0) is 11.4. The van der Waals surface area contributed by atoms with Crippen LogP contribution in [0, 0.1) is 17.5 Å². The van der Waals surface area contributed by atoms with E-state index in [1.54, 1.807) is 0 Å². The van der Waals surface area contributed by atoms with Crippen LogP contribution in [0.25, 0.3) is 0 Å². The van der Waals surface area contributed by atoms with Gasteiger partial charge in [0, 0.05) is 12.6 Å². The summed E-state index contributed by atoms with van der Waals surface area (Å²) >= 11 is 0. The fraction of sp³-hybridized carbons (Fsp3) is 0.400. The molecule has 0 spiro atoms. The molecule has 0 saturated carbocycles. The Bertz CT molecular complexity index is 326. The van der Waals surface area contributed by atoms with Gasteiger partial charge in [-0.1, -0.05) is 0 Å². The summed E-state index contributed by atoms with van der Waals surface area (Å²) in [5.74, 6) is -3.98. The van der Waals surface area contributed by atoms with E-state index in [4.69, 9.17) is 10.8 Å². The molecule has 0 aliphatic carbocycles. The minimum atomic E-state index is -1.49. The van der Waals surface area contributed by atoms with Crippen LogP contribution in [0.2, 0.25) is 0 Å². The summed E-state index contributed by atoms with van der Waals surface area (Å²) in [4.78, 5) is 0. The van der Waals surface area contributed by atoms with Crippen molar-refractivity contribution in [1.29, 1.82) is 0 Å². The third-order valence-electron chi connectivity index (χ3n) is 2.11. The lowest BCUT2D eigenvalue weighted by molar-refractivity contribution is 0.280. The fourth-order valence-corrected chi connectivity index (χ4v) is 1.27. The second-order valence-electron chi connectivity index (χ2n) is 3.27. The summed E-state index contributed by atoms with van der Waals surface area (Å²) in [6.45, 7) is -0.0418. The third-order valence-corrected chi connectivity index (χ3v) is 2.11. The number of aliphatic hydroxyl groups is 1. The molecule has 16 heavy (non-hydrogen) atoms. The molecule has 1 atom stereocenters. The molecule has 1 rings (SSSR count). The number of hydrogen-bond donors (Lipinski definition) is 2. The van der Waals surface area contributed by atoms with Gasteiger partial charge in [-0.25, -0.2) is 13.2 Å². The highest BCUT2D eigenvalue weighted by Crippen LogP contribution is 2.20. The van der Waals surface area contributed by atoms with E-state index in [9.17, 15) is 13.2 Å². The van der Waals surface area contributed by atoms with E-state index < -0.39 is 23.5 Å². The van der Waals surface area contributed by atoms with Crippen molar-refractivity contribution < 1.29 is 18.3 Å². The Labute approximate surface area is 97.7 Å². The molecule has 0 amide bonds. The third kappa shape index (κ3) is 3.66. The molecule has 0 saturated heterocycles. The summed E-state index contributed by atoms with van der Waals surface area (Å²) in [5, 5.41) is 8.55. The molecule has 0 unspecified atom stereocenters. The summed E-state index contributed by atoms with van der Waals surface area (Å²) in [6.07, 6.45) is 0.822. The monoisotopic (exact) mass is 255 g/mol. The SMILES string of the molecule is Cl.N[C@@H](CCCO)c1cc(F)c(F)c(F)c1. The average molecular weight is 256 g/mol. The Morgan fingerprint density at radius 2 is 1.69 bits per heavy atom. The molecule has 3 N–H and O–H groups in total. The van der Waals surface area contributed by atoms with Crippen LogP contribution < -0.4 is 5.73 Å². The van der Waals surface area contributed by atoms with Crippen LogP contribution in [0.1, 0.15) is 24.4 Å². The molecule has 0 aromatic heterocycles. The van der Waals surface area contributed by atoms with E-state index in [0.717, 1.165) is 12.1 Å². The van der Waals surface area contributed by atoms with Crippen molar-refractivity contribution >= 4 is 12.4 Å². The van der Waals surface area contributed by atoms with Gasteiger partial charge in [-0.2, -0.15) is 0 Å². The lowest BCUT2D eigenvalue weighted by atomic mass is 10.0. The Morgan fingerprint density at radius 1 is 1.19 bits per heavy atom. The van der Waals surface area contributed by atoms with Crippen LogP contribution in [0.4, 0.5) is 13.2 Å². The zero-order valence-corrected chi connectivity index (χ0v) is 9.24. The lowest BCUT2D eigenvalue weighted by Gasteiger charge is -2.11. The first-order chi connectivity index (χ1) is 7.06. The van der Waals surface area contributed by atoms with Crippen molar-refractivity contribution in [3.8, 4) is 0 Å². The molecular weight excluding hydrogens is 243 g/mol. The standard InChI is InChI=1S/C10H12F3NO.ClH/c11-7-4-6(5-8(12)10(7)13)9(14)2-1-3-15;/h4-5,9,15H,1-3,14H2;1H/t9-;/m0./s1. The number of aliphatic hydroxyl groups excluding tert-OH is 1. The van der Waals surface area contributed by atoms with Gasteiger partial charge in [0.05, 0.1) is 0 Å². The minimum absolute atomic E-state index is 0. The average Bonchev–Trinajstić information content (AvgIpc) is 2.21. The van der Waals surface area contributed by atoms with E-state index in [2.05, 4.69) is 0 Å². The van der Waals surface area contributed by atoms with Gasteiger partial charge in [0.25, 0.3) is 0 Å². The Balaban J connectivity index is 0.00000225. The predicted molar refractivity (Wildman–Crippen MR) is 56.8 cm³/mol. The topological polar surface area (TPSA) is 46.2 Å². The van der Waals surface area contributed by atoms with Crippen LogP contribution in [0.3, 0.4) is 0 Å². The lowest BCUT2D eigenvalue weighted by Crippen LogP contribution is -2.12. The van der Waals surface area contributed by atoms with E-state index in [-0.39, 0.29) is 24.6 Å². The van der Waals surface area contributed by atoms with E-state index in [1.807, 2.05) is 0 Å². The Kier molecular flexibility index (Phi) is 6.40. The number of nitrogens with two attached hydrogens (primary N) is 1. The van der Waals surface area contributed by atoms with Gasteiger partial charge in [0.15, 0.2) is 17.5 Å². The van der Waals surface area contributed by atoms with Crippen LogP contribution in [0.5, 0.6) is 0 Å². The van der Waals surface area contributed by atoms with Crippen molar-refractivity contribution in [2.45, 2.75) is 18.9 Å². The van der Waals surface area contributed by atoms with Crippen molar-refractivity contribution in [1.82, 2.24) is 0 Å². The first-order valence-corrected chi connectivity index (χ1v) is 4.57. The van der Waals surface area contributed by atoms with Crippen molar-refractivity contribution in [2.24, 2.45) is 5.73 Å². The van der Waals surface area contributed by atoms with Crippen LogP contribution in [-0.2, 0) is 0 Å². The minimum Gasteiger partial charge on any atom is -0.396 e. The molecule has 0 heterocycles. The van der Waals surface area contributed by atoms with E-state index in [1.165, 1.54) is 0 Å². The van der Waals surface area contributed by atoms with E-state index in [0.29, 0.717) is 12.8 Å². The fourth-order valence-electron chi connectivity index (χ4n) is 1.27. The highest BCUT2D eigenvalue weighted by atomic mass is 35.5. The molecule has 0 bridgehead atoms. The van der Waals surface area contributed by atoms with Crippen LogP contribution in [-0.4, -0.2) is 11.7 Å². The predicted octanol–water partition coefficient (Wildman–Crippen LogP) is 2.30. The highest BCUT2D eigenvalue weighted by molar-refractivity contribution is 5.85.